The number of sulfone groups is 1. The summed E-state index contributed by atoms with van der Waals surface area (Å²) in [5.41, 5.74) is 1.69. The van der Waals surface area contributed by atoms with Gasteiger partial charge in [0, 0.05) is 35.1 Å². The molecular weight excluding hydrogens is 456 g/mol. The number of carbonyl (C=O) groups excluding carboxylic acids is 2. The standard InChI is InChI=1S/C21H27BrN2O4S/c22-17-12-15-8-10-24(21(26)14-6-7-14)18(15)13-19(17)29(27,28)11-9-20(25)23-16-4-2-1-3-5-16/h12-14,16H,1-11H2,(H,23,25). The SMILES string of the molecule is O=C(CCS(=O)(=O)c1cc2c(cc1Br)CCN2C(=O)C1CC1)NC1CCCCC1. The van der Waals surface area contributed by atoms with Gasteiger partial charge in [-0.05, 0) is 65.7 Å². The fraction of sp³-hybridized carbons (Fsp3) is 0.619. The molecule has 0 radical (unpaired) electrons. The van der Waals surface area contributed by atoms with Gasteiger partial charge in [0.25, 0.3) is 0 Å². The van der Waals surface area contributed by atoms with Crippen LogP contribution in [0.5, 0.6) is 0 Å². The summed E-state index contributed by atoms with van der Waals surface area (Å²) in [6.07, 6.45) is 7.89. The first-order valence-corrected chi connectivity index (χ1v) is 13.0. The number of rotatable bonds is 6. The van der Waals surface area contributed by atoms with Gasteiger partial charge in [-0.3, -0.25) is 9.59 Å². The van der Waals surface area contributed by atoms with E-state index in [1.807, 2.05) is 6.07 Å². The molecule has 0 bridgehead atoms. The first-order chi connectivity index (χ1) is 13.8. The molecule has 2 amide bonds. The Morgan fingerprint density at radius 2 is 1.83 bits per heavy atom. The Morgan fingerprint density at radius 1 is 1.10 bits per heavy atom. The van der Waals surface area contributed by atoms with Gasteiger partial charge in [0.2, 0.25) is 11.8 Å². The lowest BCUT2D eigenvalue weighted by atomic mass is 9.95. The third-order valence-corrected chi connectivity index (χ3v) is 8.79. The Labute approximate surface area is 180 Å². The highest BCUT2D eigenvalue weighted by atomic mass is 79.9. The number of halogens is 1. The number of benzene rings is 1. The van der Waals surface area contributed by atoms with Gasteiger partial charge in [-0.2, -0.15) is 0 Å². The normalized spacial score (nSPS) is 19.8. The quantitative estimate of drug-likeness (QED) is 0.673. The van der Waals surface area contributed by atoms with Crippen molar-refractivity contribution in [2.75, 3.05) is 17.2 Å². The Morgan fingerprint density at radius 3 is 2.52 bits per heavy atom. The second-order valence-corrected chi connectivity index (χ2v) is 11.3. The van der Waals surface area contributed by atoms with Crippen molar-refractivity contribution in [2.24, 2.45) is 5.92 Å². The van der Waals surface area contributed by atoms with Crippen molar-refractivity contribution < 1.29 is 18.0 Å². The van der Waals surface area contributed by atoms with E-state index in [9.17, 15) is 18.0 Å². The van der Waals surface area contributed by atoms with E-state index in [0.717, 1.165) is 50.5 Å². The average molecular weight is 483 g/mol. The van der Waals surface area contributed by atoms with Crippen molar-refractivity contribution in [1.29, 1.82) is 0 Å². The third kappa shape index (κ3) is 4.68. The molecular formula is C21H27BrN2O4S. The summed E-state index contributed by atoms with van der Waals surface area (Å²) in [5, 5.41) is 2.97. The molecule has 6 nitrogen and oxygen atoms in total. The molecule has 2 fully saturated rings. The van der Waals surface area contributed by atoms with Crippen LogP contribution >= 0.6 is 15.9 Å². The summed E-state index contributed by atoms with van der Waals surface area (Å²) in [7, 11) is -3.65. The van der Waals surface area contributed by atoms with Gasteiger partial charge in [-0.25, -0.2) is 8.42 Å². The van der Waals surface area contributed by atoms with Gasteiger partial charge in [0.15, 0.2) is 9.84 Å². The Hall–Kier alpha value is -1.41. The highest BCUT2D eigenvalue weighted by molar-refractivity contribution is 9.10. The summed E-state index contributed by atoms with van der Waals surface area (Å²) in [6.45, 7) is 0.602. The van der Waals surface area contributed by atoms with E-state index in [0.29, 0.717) is 16.7 Å². The zero-order chi connectivity index (χ0) is 20.6. The van der Waals surface area contributed by atoms with E-state index in [4.69, 9.17) is 0 Å². The molecule has 158 valence electrons. The van der Waals surface area contributed by atoms with Crippen LogP contribution in [0.4, 0.5) is 5.69 Å². The summed E-state index contributed by atoms with van der Waals surface area (Å²) < 4.78 is 26.4. The lowest BCUT2D eigenvalue weighted by Gasteiger charge is -2.22. The Balaban J connectivity index is 1.46. The molecule has 3 aliphatic rings. The minimum absolute atomic E-state index is 0.0485. The predicted molar refractivity (Wildman–Crippen MR) is 115 cm³/mol. The second kappa shape index (κ2) is 8.38. The van der Waals surface area contributed by atoms with Crippen molar-refractivity contribution in [3.63, 3.8) is 0 Å². The lowest BCUT2D eigenvalue weighted by Crippen LogP contribution is -2.36. The van der Waals surface area contributed by atoms with Crippen LogP contribution in [-0.4, -0.2) is 38.6 Å². The van der Waals surface area contributed by atoms with Crippen molar-refractivity contribution >= 4 is 43.3 Å². The van der Waals surface area contributed by atoms with Crippen LogP contribution in [0.3, 0.4) is 0 Å². The summed E-state index contributed by atoms with van der Waals surface area (Å²) in [4.78, 5) is 26.7. The molecule has 8 heteroatoms. The Bertz CT molecular complexity index is 921. The van der Waals surface area contributed by atoms with E-state index < -0.39 is 9.84 Å². The molecule has 0 spiro atoms. The number of hydrogen-bond acceptors (Lipinski definition) is 4. The van der Waals surface area contributed by atoms with Gasteiger partial charge in [0.05, 0.1) is 10.6 Å². The number of nitrogens with one attached hydrogen (secondary N) is 1. The molecule has 0 aromatic heterocycles. The van der Waals surface area contributed by atoms with Gasteiger partial charge in [0.1, 0.15) is 0 Å². The molecule has 1 heterocycles. The van der Waals surface area contributed by atoms with Gasteiger partial charge in [-0.1, -0.05) is 19.3 Å². The van der Waals surface area contributed by atoms with Crippen LogP contribution in [0.15, 0.2) is 21.5 Å². The van der Waals surface area contributed by atoms with Crippen LogP contribution in [0, 0.1) is 5.92 Å². The number of nitrogens with zero attached hydrogens (tertiary/aromatic N) is 1. The average Bonchev–Trinajstić information content (AvgIpc) is 3.46. The van der Waals surface area contributed by atoms with Crippen molar-refractivity contribution in [3.05, 3.63) is 22.2 Å². The van der Waals surface area contributed by atoms with Crippen LogP contribution in [0.1, 0.15) is 56.9 Å². The molecule has 1 aromatic carbocycles. The maximum atomic E-state index is 13.0. The molecule has 1 N–H and O–H groups in total. The number of amides is 2. The molecule has 2 aliphatic carbocycles. The first kappa shape index (κ1) is 20.8. The number of hydrogen-bond donors (Lipinski definition) is 1. The highest BCUT2D eigenvalue weighted by Gasteiger charge is 2.37. The van der Waals surface area contributed by atoms with Gasteiger partial charge in [-0.15, -0.1) is 0 Å². The fourth-order valence-electron chi connectivity index (χ4n) is 4.29. The van der Waals surface area contributed by atoms with Crippen LogP contribution < -0.4 is 10.2 Å². The van der Waals surface area contributed by atoms with E-state index >= 15 is 0 Å². The van der Waals surface area contributed by atoms with E-state index in [1.165, 1.54) is 6.42 Å². The van der Waals surface area contributed by atoms with Gasteiger partial charge < -0.3 is 10.2 Å². The van der Waals surface area contributed by atoms with E-state index in [-0.39, 0.29) is 40.8 Å². The number of carbonyl (C=O) groups is 2. The second-order valence-electron chi connectivity index (χ2n) is 8.40. The van der Waals surface area contributed by atoms with E-state index in [2.05, 4.69) is 21.2 Å². The minimum Gasteiger partial charge on any atom is -0.353 e. The minimum atomic E-state index is -3.65. The maximum absolute atomic E-state index is 13.0. The lowest BCUT2D eigenvalue weighted by molar-refractivity contribution is -0.121. The molecule has 1 aromatic rings. The van der Waals surface area contributed by atoms with E-state index in [1.54, 1.807) is 11.0 Å². The van der Waals surface area contributed by atoms with Crippen molar-refractivity contribution in [3.8, 4) is 0 Å². The summed E-state index contributed by atoms with van der Waals surface area (Å²) >= 11 is 3.39. The van der Waals surface area contributed by atoms with Crippen molar-refractivity contribution in [1.82, 2.24) is 5.32 Å². The zero-order valence-electron chi connectivity index (χ0n) is 16.5. The van der Waals surface area contributed by atoms with Gasteiger partial charge >= 0.3 is 0 Å². The van der Waals surface area contributed by atoms with Crippen molar-refractivity contribution in [2.45, 2.75) is 68.7 Å². The van der Waals surface area contributed by atoms with Crippen LogP contribution in [-0.2, 0) is 25.8 Å². The first-order valence-electron chi connectivity index (χ1n) is 10.5. The predicted octanol–water partition coefficient (Wildman–Crippen LogP) is 3.36. The molecule has 2 saturated carbocycles. The molecule has 29 heavy (non-hydrogen) atoms. The van der Waals surface area contributed by atoms with Crippen LogP contribution in [0.25, 0.3) is 0 Å². The molecule has 0 atom stereocenters. The molecule has 0 unspecified atom stereocenters. The highest BCUT2D eigenvalue weighted by Crippen LogP contribution is 2.39. The maximum Gasteiger partial charge on any atom is 0.230 e. The molecule has 1 aliphatic heterocycles. The third-order valence-electron chi connectivity index (χ3n) is 6.12. The monoisotopic (exact) mass is 482 g/mol. The number of anilines is 1. The largest absolute Gasteiger partial charge is 0.353 e. The number of fused-ring (bicyclic) bond motifs is 1. The van der Waals surface area contributed by atoms with Crippen LogP contribution in [0.2, 0.25) is 0 Å². The Kier molecular flexibility index (Phi) is 6.02. The smallest absolute Gasteiger partial charge is 0.230 e. The topological polar surface area (TPSA) is 83.6 Å². The summed E-state index contributed by atoms with van der Waals surface area (Å²) in [6, 6.07) is 3.60. The zero-order valence-corrected chi connectivity index (χ0v) is 18.9. The summed E-state index contributed by atoms with van der Waals surface area (Å²) in [5.74, 6) is -0.253. The molecule has 0 saturated heterocycles. The fourth-order valence-corrected chi connectivity index (χ4v) is 6.74. The molecule has 4 rings (SSSR count).